The Balaban J connectivity index is 1.76. The van der Waals surface area contributed by atoms with Gasteiger partial charge in [0, 0.05) is 11.5 Å². The van der Waals surface area contributed by atoms with Crippen LogP contribution in [0.1, 0.15) is 31.9 Å². The quantitative estimate of drug-likeness (QED) is 0.442. The molecule has 0 bridgehead atoms. The number of carbonyl (C=O) groups is 1. The number of allylic oxidation sites excluding steroid dienone is 1. The second-order valence-corrected chi connectivity index (χ2v) is 8.15. The number of benzene rings is 1. The zero-order valence-corrected chi connectivity index (χ0v) is 17.8. The Bertz CT molecular complexity index is 1160. The summed E-state index contributed by atoms with van der Waals surface area (Å²) in [6.45, 7) is 14.6. The number of aryl methyl sites for hydroxylation is 1. The standard InChI is InChI=1S/C23H24O8/c1-7-23(6)12(5)18-19(30-22(26)29-18)21(31-23)27-14-9-8-13-16(24)15(10(2)3)20(25)28-17(13)11(14)4/h7-9,12,18-19,21,24H,1-2H2,3-6H3/t12-,18-,19-,21?,23+/m1/s1. The van der Waals surface area contributed by atoms with Crippen molar-refractivity contribution in [3.05, 3.63) is 52.9 Å². The van der Waals surface area contributed by atoms with Crippen molar-refractivity contribution in [3.63, 3.8) is 0 Å². The number of carbonyl (C=O) groups excluding carboxylic acids is 1. The molecule has 2 aliphatic rings. The molecule has 1 unspecified atom stereocenters. The van der Waals surface area contributed by atoms with Crippen molar-refractivity contribution in [1.29, 1.82) is 0 Å². The first-order valence-electron chi connectivity index (χ1n) is 9.88. The molecule has 8 nitrogen and oxygen atoms in total. The van der Waals surface area contributed by atoms with Crippen LogP contribution in [0.5, 0.6) is 11.5 Å². The number of hydrogen-bond acceptors (Lipinski definition) is 8. The summed E-state index contributed by atoms with van der Waals surface area (Å²) in [5.74, 6) is -0.0751. The molecule has 31 heavy (non-hydrogen) atoms. The summed E-state index contributed by atoms with van der Waals surface area (Å²) >= 11 is 0. The smallest absolute Gasteiger partial charge is 0.506 e. The Kier molecular flexibility index (Phi) is 4.85. The summed E-state index contributed by atoms with van der Waals surface area (Å²) in [5.41, 5.74) is -0.443. The van der Waals surface area contributed by atoms with Crippen molar-refractivity contribution in [3.8, 4) is 11.5 Å². The number of ether oxygens (including phenoxy) is 4. The normalized spacial score (nSPS) is 29.7. The van der Waals surface area contributed by atoms with Crippen LogP contribution in [0.15, 0.2) is 40.6 Å². The molecule has 1 aromatic heterocycles. The van der Waals surface area contributed by atoms with Gasteiger partial charge < -0.3 is 28.5 Å². The predicted octanol–water partition coefficient (Wildman–Crippen LogP) is 4.06. The second-order valence-electron chi connectivity index (χ2n) is 8.15. The van der Waals surface area contributed by atoms with E-state index in [1.54, 1.807) is 32.1 Å². The van der Waals surface area contributed by atoms with E-state index in [9.17, 15) is 14.7 Å². The number of fused-ring (bicyclic) bond motifs is 2. The van der Waals surface area contributed by atoms with E-state index in [4.69, 9.17) is 23.4 Å². The van der Waals surface area contributed by atoms with Crippen molar-refractivity contribution in [1.82, 2.24) is 0 Å². The lowest BCUT2D eigenvalue weighted by Crippen LogP contribution is -2.58. The molecular weight excluding hydrogens is 404 g/mol. The number of rotatable bonds is 4. The SMILES string of the molecule is C=C[C@]1(C)OC(Oc2ccc3c(O)c(C(=C)C)c(=O)oc3c2C)[C@@H]2OC(=O)O[C@@H]2[C@H]1C. The minimum atomic E-state index is -0.984. The van der Waals surface area contributed by atoms with Crippen molar-refractivity contribution in [2.24, 2.45) is 5.92 Å². The summed E-state index contributed by atoms with van der Waals surface area (Å²) in [4.78, 5) is 24.1. The lowest BCUT2D eigenvalue weighted by Gasteiger charge is -2.45. The van der Waals surface area contributed by atoms with Crippen LogP contribution < -0.4 is 10.4 Å². The average molecular weight is 428 g/mol. The van der Waals surface area contributed by atoms with Gasteiger partial charge in [-0.2, -0.15) is 0 Å². The van der Waals surface area contributed by atoms with Gasteiger partial charge >= 0.3 is 11.8 Å². The van der Waals surface area contributed by atoms with Gasteiger partial charge in [0.15, 0.2) is 6.10 Å². The molecule has 2 aliphatic heterocycles. The molecule has 0 amide bonds. The average Bonchev–Trinajstić information content (AvgIpc) is 3.10. The molecule has 164 valence electrons. The molecule has 1 aromatic carbocycles. The summed E-state index contributed by atoms with van der Waals surface area (Å²) in [6, 6.07) is 3.20. The molecule has 2 aromatic rings. The molecule has 0 aliphatic carbocycles. The summed E-state index contributed by atoms with van der Waals surface area (Å²) < 4.78 is 28.3. The summed E-state index contributed by atoms with van der Waals surface area (Å²) in [7, 11) is 0. The van der Waals surface area contributed by atoms with Gasteiger partial charge in [-0.05, 0) is 38.5 Å². The van der Waals surface area contributed by atoms with Crippen LogP contribution in [0, 0.1) is 12.8 Å². The number of hydrogen-bond donors (Lipinski definition) is 1. The van der Waals surface area contributed by atoms with Gasteiger partial charge in [-0.3, -0.25) is 0 Å². The molecule has 4 rings (SSSR count). The Hall–Kier alpha value is -3.26. The first-order valence-corrected chi connectivity index (χ1v) is 9.88. The van der Waals surface area contributed by atoms with Gasteiger partial charge in [-0.25, -0.2) is 9.59 Å². The van der Waals surface area contributed by atoms with E-state index in [0.29, 0.717) is 22.3 Å². The van der Waals surface area contributed by atoms with Crippen LogP contribution in [0.25, 0.3) is 16.5 Å². The lowest BCUT2D eigenvalue weighted by molar-refractivity contribution is -0.249. The topological polar surface area (TPSA) is 104 Å². The third kappa shape index (κ3) is 3.18. The van der Waals surface area contributed by atoms with Crippen LogP contribution in [0.2, 0.25) is 0 Å². The van der Waals surface area contributed by atoms with Crippen LogP contribution >= 0.6 is 0 Å². The molecule has 1 N–H and O–H groups in total. The fourth-order valence-electron chi connectivity index (χ4n) is 4.05. The van der Waals surface area contributed by atoms with Gasteiger partial charge in [-0.1, -0.05) is 19.6 Å². The summed E-state index contributed by atoms with van der Waals surface area (Å²) in [5, 5.41) is 10.9. The van der Waals surface area contributed by atoms with E-state index in [-0.39, 0.29) is 22.8 Å². The van der Waals surface area contributed by atoms with Crippen molar-refractivity contribution >= 4 is 22.7 Å². The highest BCUT2D eigenvalue weighted by molar-refractivity contribution is 5.91. The van der Waals surface area contributed by atoms with E-state index in [1.165, 1.54) is 0 Å². The van der Waals surface area contributed by atoms with E-state index < -0.39 is 35.9 Å². The molecular formula is C23H24O8. The number of aromatic hydroxyl groups is 1. The Morgan fingerprint density at radius 2 is 1.94 bits per heavy atom. The van der Waals surface area contributed by atoms with E-state index in [1.807, 2.05) is 13.8 Å². The van der Waals surface area contributed by atoms with Crippen LogP contribution in [0.4, 0.5) is 4.79 Å². The van der Waals surface area contributed by atoms with Gasteiger partial charge in [0.05, 0.1) is 11.0 Å². The first-order chi connectivity index (χ1) is 14.6. The maximum absolute atomic E-state index is 12.4. The molecule has 5 atom stereocenters. The third-order valence-electron chi connectivity index (χ3n) is 6.15. The molecule has 2 saturated heterocycles. The Labute approximate surface area is 178 Å². The van der Waals surface area contributed by atoms with Crippen LogP contribution in [-0.4, -0.2) is 35.4 Å². The fourth-order valence-corrected chi connectivity index (χ4v) is 4.05. The minimum Gasteiger partial charge on any atom is -0.506 e. The second kappa shape index (κ2) is 7.16. The van der Waals surface area contributed by atoms with Gasteiger partial charge in [-0.15, -0.1) is 6.58 Å². The largest absolute Gasteiger partial charge is 0.509 e. The van der Waals surface area contributed by atoms with Crippen molar-refractivity contribution in [2.75, 3.05) is 0 Å². The van der Waals surface area contributed by atoms with Crippen molar-refractivity contribution in [2.45, 2.75) is 51.8 Å². The highest BCUT2D eigenvalue weighted by Crippen LogP contribution is 2.42. The first kappa shape index (κ1) is 21.0. The van der Waals surface area contributed by atoms with E-state index >= 15 is 0 Å². The highest BCUT2D eigenvalue weighted by atomic mass is 16.8. The zero-order chi connectivity index (χ0) is 22.7. The minimum absolute atomic E-state index is 0.0322. The monoisotopic (exact) mass is 428 g/mol. The predicted molar refractivity (Wildman–Crippen MR) is 112 cm³/mol. The lowest BCUT2D eigenvalue weighted by atomic mass is 9.81. The zero-order valence-electron chi connectivity index (χ0n) is 17.8. The molecule has 0 spiro atoms. The Morgan fingerprint density at radius 3 is 2.58 bits per heavy atom. The van der Waals surface area contributed by atoms with E-state index in [2.05, 4.69) is 13.2 Å². The van der Waals surface area contributed by atoms with Crippen molar-refractivity contribution < 1.29 is 33.3 Å². The Morgan fingerprint density at radius 1 is 1.26 bits per heavy atom. The highest BCUT2D eigenvalue weighted by Gasteiger charge is 2.57. The van der Waals surface area contributed by atoms with Gasteiger partial charge in [0.1, 0.15) is 22.6 Å². The molecule has 0 radical (unpaired) electrons. The van der Waals surface area contributed by atoms with Gasteiger partial charge in [0.2, 0.25) is 12.4 Å². The third-order valence-corrected chi connectivity index (χ3v) is 6.15. The van der Waals surface area contributed by atoms with E-state index in [0.717, 1.165) is 0 Å². The maximum Gasteiger partial charge on any atom is 0.509 e. The van der Waals surface area contributed by atoms with Crippen LogP contribution in [0.3, 0.4) is 0 Å². The molecule has 3 heterocycles. The molecule has 2 fully saturated rings. The molecule has 8 heteroatoms. The maximum atomic E-state index is 12.4. The van der Waals surface area contributed by atoms with Crippen LogP contribution in [-0.2, 0) is 14.2 Å². The molecule has 0 saturated carbocycles. The fraction of sp³-hybridized carbons (Fsp3) is 0.391. The van der Waals surface area contributed by atoms with Gasteiger partial charge in [0.25, 0.3) is 0 Å². The summed E-state index contributed by atoms with van der Waals surface area (Å²) in [6.07, 6.45) is -1.49.